The number of likely N-dealkylation sites (N-methyl/N-ethyl adjacent to an activating group) is 1. The van der Waals surface area contributed by atoms with E-state index in [4.69, 9.17) is 37.8 Å². The van der Waals surface area contributed by atoms with Gasteiger partial charge in [0, 0.05) is 32.4 Å². The van der Waals surface area contributed by atoms with Crippen LogP contribution in [0.5, 0.6) is 0 Å². The number of esters is 2. The van der Waals surface area contributed by atoms with Crippen molar-refractivity contribution in [3.8, 4) is 0 Å². The zero-order valence-electron chi connectivity index (χ0n) is 37.4. The Labute approximate surface area is 387 Å². The van der Waals surface area contributed by atoms with E-state index in [-0.39, 0.29) is 67.1 Å². The molecular formula is C40H75N2NaO16PS+. The van der Waals surface area contributed by atoms with Gasteiger partial charge in [0.1, 0.15) is 32.0 Å². The molecule has 0 aliphatic carbocycles. The fraction of sp³-hybridized carbons (Fsp3) is 0.900. The number of hydrogen-bond donors (Lipinski definition) is 4. The summed E-state index contributed by atoms with van der Waals surface area (Å²) in [5, 5.41) is 18.7. The zero-order valence-corrected chi connectivity index (χ0v) is 41.1. The first-order chi connectivity index (χ1) is 28.4. The van der Waals surface area contributed by atoms with Crippen LogP contribution in [0.2, 0.25) is 0 Å². The summed E-state index contributed by atoms with van der Waals surface area (Å²) in [5.74, 6) is -1.66. The first-order valence-corrected chi connectivity index (χ1v) is 24.6. The molecule has 2 fully saturated rings. The van der Waals surface area contributed by atoms with Gasteiger partial charge in [-0.3, -0.25) is 4.79 Å². The van der Waals surface area contributed by atoms with Crippen LogP contribution in [0.3, 0.4) is 0 Å². The Bertz CT molecular complexity index is 1340. The summed E-state index contributed by atoms with van der Waals surface area (Å²) in [6, 6.07) is -0.921. The van der Waals surface area contributed by atoms with Gasteiger partial charge < -0.3 is 47.8 Å². The van der Waals surface area contributed by atoms with E-state index in [9.17, 15) is 37.5 Å². The monoisotopic (exact) mass is 925 g/mol. The number of aliphatic hydroxyl groups excluding tert-OH is 2. The number of carbonyl (C=O) groups excluding carboxylic acids is 2. The maximum absolute atomic E-state index is 12.3. The smallest absolute Gasteiger partial charge is 0.735 e. The number of unbranched alkanes of at least 4 members (excludes halogenated alkanes) is 13. The van der Waals surface area contributed by atoms with Gasteiger partial charge in [-0.05, 0) is 38.5 Å². The fourth-order valence-corrected chi connectivity index (χ4v) is 8.43. The first kappa shape index (κ1) is 58.6. The third-order valence-electron chi connectivity index (χ3n) is 10.3. The van der Waals surface area contributed by atoms with E-state index in [1.807, 2.05) is 21.1 Å². The normalized spacial score (nSPS) is 22.4. The molecule has 2 unspecified atom stereocenters. The maximum atomic E-state index is 12.3. The molecule has 7 atom stereocenters. The molecule has 2 bridgehead atoms. The van der Waals surface area contributed by atoms with E-state index in [1.165, 1.54) is 38.7 Å². The van der Waals surface area contributed by atoms with E-state index in [2.05, 4.69) is 0 Å². The molecule has 0 spiro atoms. The second kappa shape index (κ2) is 31.5. The molecule has 2 heterocycles. The first-order valence-electron chi connectivity index (χ1n) is 21.7. The van der Waals surface area contributed by atoms with Gasteiger partial charge in [0.05, 0.1) is 53.1 Å². The third kappa shape index (κ3) is 28.3. The molecule has 2 aliphatic heterocycles. The molecule has 0 amide bonds. The Hall–Kier alpha value is -0.420. The van der Waals surface area contributed by atoms with Gasteiger partial charge in [0.25, 0.3) is 0 Å². The molecule has 0 aromatic heterocycles. The average Bonchev–Trinajstić information content (AvgIpc) is 3.45. The number of phosphoric acid groups is 1. The number of fused-ring (bicyclic) bond motifs is 2. The van der Waals surface area contributed by atoms with Crippen molar-refractivity contribution in [3.63, 3.8) is 0 Å². The Balaban J connectivity index is 0.0000186. The van der Waals surface area contributed by atoms with Crippen LogP contribution in [-0.2, 0) is 52.6 Å². The summed E-state index contributed by atoms with van der Waals surface area (Å²) >= 11 is 0. The van der Waals surface area contributed by atoms with E-state index in [1.54, 1.807) is 10.8 Å². The molecule has 0 saturated carbocycles. The van der Waals surface area contributed by atoms with Crippen molar-refractivity contribution in [3.05, 3.63) is 12.2 Å². The minimum atomic E-state index is -4.62. The van der Waals surface area contributed by atoms with E-state index >= 15 is 0 Å². The molecule has 2 aliphatic rings. The van der Waals surface area contributed by atoms with Crippen LogP contribution < -0.4 is 39.2 Å². The molecule has 0 aromatic rings. The second-order valence-electron chi connectivity index (χ2n) is 16.9. The summed E-state index contributed by atoms with van der Waals surface area (Å²) in [5.41, 5.74) is 0. The largest absolute Gasteiger partial charge is 1.00 e. The summed E-state index contributed by atoms with van der Waals surface area (Å²) in [6.07, 6.45) is 19.3. The zero-order chi connectivity index (χ0) is 44.5. The second-order valence-corrected chi connectivity index (χ2v) is 19.5. The molecule has 61 heavy (non-hydrogen) atoms. The molecular weight excluding hydrogens is 850 g/mol. The summed E-state index contributed by atoms with van der Waals surface area (Å²) in [6.45, 7) is 0.737. The van der Waals surface area contributed by atoms with E-state index < -0.39 is 62.2 Å². The molecule has 0 aromatic carbocycles. The molecule has 2 rings (SSSR count). The Morgan fingerprint density at radius 2 is 1.52 bits per heavy atom. The Kier molecular flexibility index (Phi) is 30.2. The number of quaternary nitrogens is 1. The minimum Gasteiger partial charge on any atom is -0.735 e. The number of carbonyl (C=O) groups is 2. The number of nitrogens with one attached hydrogen (secondary N) is 1. The van der Waals surface area contributed by atoms with Crippen molar-refractivity contribution in [2.75, 3.05) is 67.3 Å². The topological polar surface area (TPSA) is 252 Å². The SMILES string of the molecule is CC(=O)O[C@@H]1CC[C@]2(CCCCCCCCCCCCCOCC(CO)NS(=O)(=O)[O-])O[C@@H]1[C@@H](CCCCC/C=C/C(=O)O[C@H](CO)CO[P+]([O-])(O)OCC[N+](C)(C)C)O2.[Na+]. The predicted molar refractivity (Wildman–Crippen MR) is 220 cm³/mol. The molecule has 352 valence electrons. The van der Waals surface area contributed by atoms with Gasteiger partial charge in [0.15, 0.2) is 22.2 Å². The quantitative estimate of drug-likeness (QED) is 0.0127. The van der Waals surface area contributed by atoms with Crippen molar-refractivity contribution in [2.24, 2.45) is 0 Å². The van der Waals surface area contributed by atoms with Crippen LogP contribution in [0.1, 0.15) is 129 Å². The third-order valence-corrected chi connectivity index (χ3v) is 11.9. The van der Waals surface area contributed by atoms with Crippen molar-refractivity contribution in [2.45, 2.75) is 165 Å². The Morgan fingerprint density at radius 3 is 2.11 bits per heavy atom. The van der Waals surface area contributed by atoms with Crippen LogP contribution >= 0.6 is 8.17 Å². The van der Waals surface area contributed by atoms with Gasteiger partial charge in [0.2, 0.25) is 0 Å². The van der Waals surface area contributed by atoms with Crippen LogP contribution in [0.25, 0.3) is 0 Å². The van der Waals surface area contributed by atoms with E-state index in [0.717, 1.165) is 77.0 Å². The van der Waals surface area contributed by atoms with Gasteiger partial charge in [-0.1, -0.05) is 76.7 Å². The van der Waals surface area contributed by atoms with Crippen LogP contribution in [0.4, 0.5) is 0 Å². The predicted octanol–water partition coefficient (Wildman–Crippen LogP) is 0.485. The number of hydrogen-bond acceptors (Lipinski definition) is 16. The van der Waals surface area contributed by atoms with Crippen LogP contribution in [-0.4, -0.2) is 148 Å². The minimum absolute atomic E-state index is 0. The molecule has 2 saturated heterocycles. The van der Waals surface area contributed by atoms with Crippen molar-refractivity contribution < 1.29 is 109 Å². The maximum Gasteiger partial charge on any atom is 1.00 e. The number of allylic oxidation sites excluding steroid dienone is 1. The van der Waals surface area contributed by atoms with E-state index in [0.29, 0.717) is 36.9 Å². The van der Waals surface area contributed by atoms with Gasteiger partial charge in [-0.25, -0.2) is 17.9 Å². The summed E-state index contributed by atoms with van der Waals surface area (Å²) < 4.78 is 73.6. The standard InChI is InChI=1S/C40H75N2O16PS.Na/c1-33(45)55-36-23-25-40(24-19-15-10-8-6-5-7-9-11-16-20-27-52-31-34(29-43)41-60(49,50)51)57-37(39(36)58-40)21-17-13-12-14-18-22-38(46)56-35(30-44)32-54-59(47,48)53-28-26-42(2,3)4;/h18,22,34-37,39,41,43-44H,5-17,19-21,23-32H2,1-4H3,(H-,47,48,49,50,51);/q;+1/b22-18+;/t34?,35-,36-,37-,39+,40+;/m1./s1. The fourth-order valence-electron chi connectivity index (χ4n) is 7.14. The van der Waals surface area contributed by atoms with Crippen LogP contribution in [0, 0.1) is 0 Å². The van der Waals surface area contributed by atoms with Gasteiger partial charge >= 0.3 is 49.7 Å². The van der Waals surface area contributed by atoms with Crippen molar-refractivity contribution in [1.29, 1.82) is 0 Å². The molecule has 18 nitrogen and oxygen atoms in total. The van der Waals surface area contributed by atoms with Crippen molar-refractivity contribution in [1.82, 2.24) is 4.72 Å². The summed E-state index contributed by atoms with van der Waals surface area (Å²) in [4.78, 5) is 46.0. The van der Waals surface area contributed by atoms with Crippen molar-refractivity contribution >= 4 is 30.4 Å². The van der Waals surface area contributed by atoms with Gasteiger partial charge in [-0.2, -0.15) is 13.9 Å². The Morgan fingerprint density at radius 1 is 0.902 bits per heavy atom. The number of rotatable bonds is 36. The van der Waals surface area contributed by atoms with Gasteiger partial charge in [-0.15, -0.1) is 0 Å². The molecule has 4 N–H and O–H groups in total. The van der Waals surface area contributed by atoms with Crippen LogP contribution in [0.15, 0.2) is 12.2 Å². The molecule has 0 radical (unpaired) electrons. The summed E-state index contributed by atoms with van der Waals surface area (Å²) in [7, 11) is -3.26. The average molecular weight is 926 g/mol. The number of aliphatic hydroxyl groups is 2. The number of nitrogens with zero attached hydrogens (tertiary/aromatic N) is 1. The molecule has 21 heteroatoms. The number of ether oxygens (including phenoxy) is 5. The number of phosphoric ester groups is 1.